The molecule has 1 aliphatic rings. The molecule has 0 amide bonds. The maximum absolute atomic E-state index is 10.3. The van der Waals surface area contributed by atoms with Crippen molar-refractivity contribution >= 4 is 0 Å². The highest BCUT2D eigenvalue weighted by molar-refractivity contribution is 5.18. The Morgan fingerprint density at radius 2 is 2.00 bits per heavy atom. The Kier molecular flexibility index (Phi) is 4.40. The molecule has 0 aliphatic heterocycles. The fraction of sp³-hybridized carbons (Fsp3) is 0.500. The Hall–Kier alpha value is -1.16. The topological polar surface area (TPSA) is 49.7 Å². The van der Waals surface area contributed by atoms with Crippen LogP contribution >= 0.6 is 0 Å². The van der Waals surface area contributed by atoms with Gasteiger partial charge in [0.2, 0.25) is 0 Å². The van der Waals surface area contributed by atoms with Gasteiger partial charge in [-0.1, -0.05) is 43.3 Å². The van der Waals surface area contributed by atoms with Gasteiger partial charge < -0.3 is 14.9 Å². The van der Waals surface area contributed by atoms with E-state index in [0.29, 0.717) is 6.61 Å². The van der Waals surface area contributed by atoms with Crippen LogP contribution in [0.15, 0.2) is 42.0 Å². The summed E-state index contributed by atoms with van der Waals surface area (Å²) in [6, 6.07) is 9.94. The summed E-state index contributed by atoms with van der Waals surface area (Å²) < 4.78 is 5.93. The molecular formula is C16H22O3. The lowest BCUT2D eigenvalue weighted by Gasteiger charge is -2.43. The van der Waals surface area contributed by atoms with Crippen LogP contribution in [0, 0.1) is 5.41 Å². The van der Waals surface area contributed by atoms with Gasteiger partial charge in [-0.25, -0.2) is 0 Å². The molecule has 0 radical (unpaired) electrons. The highest BCUT2D eigenvalue weighted by Gasteiger charge is 2.43. The highest BCUT2D eigenvalue weighted by Crippen LogP contribution is 2.38. The quantitative estimate of drug-likeness (QED) is 0.818. The van der Waals surface area contributed by atoms with Crippen molar-refractivity contribution in [3.63, 3.8) is 0 Å². The maximum Gasteiger partial charge on any atom is 0.0848 e. The van der Waals surface area contributed by atoms with Gasteiger partial charge in [-0.2, -0.15) is 0 Å². The third-order valence-electron chi connectivity index (χ3n) is 4.08. The second-order valence-corrected chi connectivity index (χ2v) is 5.54. The monoisotopic (exact) mass is 262 g/mol. The van der Waals surface area contributed by atoms with E-state index in [4.69, 9.17) is 4.74 Å². The van der Waals surface area contributed by atoms with Gasteiger partial charge in [0, 0.05) is 5.41 Å². The van der Waals surface area contributed by atoms with Gasteiger partial charge in [0.25, 0.3) is 0 Å². The summed E-state index contributed by atoms with van der Waals surface area (Å²) in [6.45, 7) is 4.19. The summed E-state index contributed by atoms with van der Waals surface area (Å²) in [7, 11) is 0. The molecule has 2 rings (SSSR count). The molecule has 3 heteroatoms. The first-order valence-electron chi connectivity index (χ1n) is 6.69. The zero-order valence-electron chi connectivity index (χ0n) is 11.5. The molecule has 1 aliphatic carbocycles. The van der Waals surface area contributed by atoms with E-state index < -0.39 is 11.5 Å². The van der Waals surface area contributed by atoms with Gasteiger partial charge in [0.05, 0.1) is 25.4 Å². The summed E-state index contributed by atoms with van der Waals surface area (Å²) in [5, 5.41) is 19.9. The Labute approximate surface area is 114 Å². The molecule has 0 fully saturated rings. The molecular weight excluding hydrogens is 240 g/mol. The zero-order chi connectivity index (χ0) is 13.9. The molecule has 3 atom stereocenters. The molecule has 1 aromatic rings. The Morgan fingerprint density at radius 3 is 2.63 bits per heavy atom. The van der Waals surface area contributed by atoms with E-state index in [1.807, 2.05) is 50.3 Å². The fourth-order valence-electron chi connectivity index (χ4n) is 2.59. The lowest BCUT2D eigenvalue weighted by molar-refractivity contribution is -0.116. The number of hydrogen-bond acceptors (Lipinski definition) is 3. The summed E-state index contributed by atoms with van der Waals surface area (Å²) >= 11 is 0. The Morgan fingerprint density at radius 1 is 1.32 bits per heavy atom. The van der Waals surface area contributed by atoms with Crippen molar-refractivity contribution in [3.8, 4) is 0 Å². The van der Waals surface area contributed by atoms with Gasteiger partial charge in [-0.3, -0.25) is 0 Å². The molecule has 0 aromatic heterocycles. The van der Waals surface area contributed by atoms with Crippen molar-refractivity contribution in [2.24, 2.45) is 5.41 Å². The van der Waals surface area contributed by atoms with Gasteiger partial charge in [0.1, 0.15) is 0 Å². The molecule has 0 saturated heterocycles. The predicted molar refractivity (Wildman–Crippen MR) is 74.6 cm³/mol. The first-order chi connectivity index (χ1) is 9.08. The first-order valence-corrected chi connectivity index (χ1v) is 6.69. The molecule has 0 saturated carbocycles. The normalized spacial score (nSPS) is 31.1. The van der Waals surface area contributed by atoms with E-state index >= 15 is 0 Å². The van der Waals surface area contributed by atoms with E-state index in [1.54, 1.807) is 0 Å². The summed E-state index contributed by atoms with van der Waals surface area (Å²) in [6.07, 6.45) is 1.91. The molecule has 1 aromatic carbocycles. The van der Waals surface area contributed by atoms with Crippen LogP contribution < -0.4 is 0 Å². The van der Waals surface area contributed by atoms with E-state index in [9.17, 15) is 10.2 Å². The van der Waals surface area contributed by atoms with Crippen LogP contribution in [0.4, 0.5) is 0 Å². The molecule has 0 heterocycles. The summed E-state index contributed by atoms with van der Waals surface area (Å²) in [5.74, 6) is 0. The average Bonchev–Trinajstić information content (AvgIpc) is 2.45. The van der Waals surface area contributed by atoms with Gasteiger partial charge in [-0.05, 0) is 24.5 Å². The minimum absolute atomic E-state index is 0.0845. The Bertz CT molecular complexity index is 441. The number of benzene rings is 1. The largest absolute Gasteiger partial charge is 0.396 e. The number of aliphatic hydroxyl groups is 2. The lowest BCUT2D eigenvalue weighted by atomic mass is 9.72. The van der Waals surface area contributed by atoms with Crippen molar-refractivity contribution in [1.29, 1.82) is 0 Å². The van der Waals surface area contributed by atoms with Crippen molar-refractivity contribution in [3.05, 3.63) is 47.5 Å². The number of rotatable bonds is 4. The molecule has 0 spiro atoms. The smallest absolute Gasteiger partial charge is 0.0848 e. The van der Waals surface area contributed by atoms with Crippen LogP contribution in [0.1, 0.15) is 25.8 Å². The van der Waals surface area contributed by atoms with Gasteiger partial charge in [0.15, 0.2) is 0 Å². The molecule has 0 unspecified atom stereocenters. The number of ether oxygens (including phenoxy) is 1. The number of hydrogen-bond donors (Lipinski definition) is 2. The maximum atomic E-state index is 10.3. The molecule has 104 valence electrons. The van der Waals surface area contributed by atoms with E-state index in [1.165, 1.54) is 0 Å². The van der Waals surface area contributed by atoms with Crippen molar-refractivity contribution in [2.45, 2.75) is 39.1 Å². The molecule has 0 bridgehead atoms. The van der Waals surface area contributed by atoms with Crippen LogP contribution in [0.25, 0.3) is 0 Å². The molecule has 2 N–H and O–H groups in total. The Balaban J connectivity index is 2.07. The standard InChI is InChI=1S/C16H22O3/c1-12-8-9-14(16(2,11-17)15(12)18)19-10-13-6-4-3-5-7-13/h3-8,14-15,17-18H,9-11H2,1-2H3/t14-,15-,16+/m0/s1. The third-order valence-corrected chi connectivity index (χ3v) is 4.08. The summed E-state index contributed by atoms with van der Waals surface area (Å²) in [4.78, 5) is 0. The zero-order valence-corrected chi connectivity index (χ0v) is 11.5. The SMILES string of the molecule is CC1=CC[C@H](OCc2ccccc2)[C@@](C)(CO)[C@H]1O. The molecule has 3 nitrogen and oxygen atoms in total. The number of aliphatic hydroxyl groups excluding tert-OH is 2. The average molecular weight is 262 g/mol. The first kappa shape index (κ1) is 14.3. The van der Waals surface area contributed by atoms with Crippen molar-refractivity contribution in [2.75, 3.05) is 6.61 Å². The van der Waals surface area contributed by atoms with E-state index in [-0.39, 0.29) is 12.7 Å². The lowest BCUT2D eigenvalue weighted by Crippen LogP contribution is -2.49. The highest BCUT2D eigenvalue weighted by atomic mass is 16.5. The van der Waals surface area contributed by atoms with Crippen LogP contribution in [0.3, 0.4) is 0 Å². The van der Waals surface area contributed by atoms with Crippen LogP contribution in [0.5, 0.6) is 0 Å². The van der Waals surface area contributed by atoms with Crippen LogP contribution in [-0.4, -0.2) is 29.0 Å². The van der Waals surface area contributed by atoms with Gasteiger partial charge in [-0.15, -0.1) is 0 Å². The minimum Gasteiger partial charge on any atom is -0.396 e. The predicted octanol–water partition coefficient (Wildman–Crippen LogP) is 2.28. The minimum atomic E-state index is -0.646. The van der Waals surface area contributed by atoms with E-state index in [2.05, 4.69) is 0 Å². The molecule has 19 heavy (non-hydrogen) atoms. The summed E-state index contributed by atoms with van der Waals surface area (Å²) in [5.41, 5.74) is 1.38. The third kappa shape index (κ3) is 2.89. The van der Waals surface area contributed by atoms with Crippen molar-refractivity contribution in [1.82, 2.24) is 0 Å². The fourth-order valence-corrected chi connectivity index (χ4v) is 2.59. The second-order valence-electron chi connectivity index (χ2n) is 5.54. The van der Waals surface area contributed by atoms with Crippen molar-refractivity contribution < 1.29 is 14.9 Å². The van der Waals surface area contributed by atoms with E-state index in [0.717, 1.165) is 17.6 Å². The van der Waals surface area contributed by atoms with Crippen LogP contribution in [-0.2, 0) is 11.3 Å². The van der Waals surface area contributed by atoms with Crippen LogP contribution in [0.2, 0.25) is 0 Å². The second kappa shape index (κ2) is 5.87. The van der Waals surface area contributed by atoms with Gasteiger partial charge >= 0.3 is 0 Å².